The zero-order valence-electron chi connectivity index (χ0n) is 11.9. The predicted octanol–water partition coefficient (Wildman–Crippen LogP) is 2.50. The fourth-order valence-corrected chi connectivity index (χ4v) is 3.41. The van der Waals surface area contributed by atoms with Gasteiger partial charge in [0.1, 0.15) is 5.82 Å². The van der Waals surface area contributed by atoms with Crippen molar-refractivity contribution in [3.05, 3.63) is 58.9 Å². The lowest BCUT2D eigenvalue weighted by molar-refractivity contribution is 0.579. The molecule has 0 aliphatic rings. The first-order valence-electron chi connectivity index (χ1n) is 6.40. The molecule has 2 rings (SSSR count). The summed E-state index contributed by atoms with van der Waals surface area (Å²) in [6.45, 7) is 3.46. The minimum Gasteiger partial charge on any atom is -0.398 e. The van der Waals surface area contributed by atoms with E-state index in [1.54, 1.807) is 32.0 Å². The lowest BCUT2D eigenvalue weighted by Crippen LogP contribution is -2.24. The molecule has 0 unspecified atom stereocenters. The molecule has 21 heavy (non-hydrogen) atoms. The number of hydrogen-bond acceptors (Lipinski definition) is 3. The van der Waals surface area contributed by atoms with E-state index in [0.29, 0.717) is 16.8 Å². The Balaban J connectivity index is 2.27. The van der Waals surface area contributed by atoms with Crippen LogP contribution in [0.5, 0.6) is 0 Å². The summed E-state index contributed by atoms with van der Waals surface area (Å²) in [5.41, 5.74) is 8.06. The van der Waals surface area contributed by atoms with E-state index in [4.69, 9.17) is 5.73 Å². The number of sulfonamides is 1. The molecule has 112 valence electrons. The summed E-state index contributed by atoms with van der Waals surface area (Å²) >= 11 is 0. The minimum absolute atomic E-state index is 0.0212. The van der Waals surface area contributed by atoms with E-state index in [1.165, 1.54) is 18.2 Å². The Hall–Kier alpha value is -1.92. The van der Waals surface area contributed by atoms with Gasteiger partial charge in [-0.25, -0.2) is 17.5 Å². The van der Waals surface area contributed by atoms with Crippen LogP contribution in [0.15, 0.2) is 41.3 Å². The van der Waals surface area contributed by atoms with Crippen LogP contribution in [0.2, 0.25) is 0 Å². The van der Waals surface area contributed by atoms with E-state index >= 15 is 0 Å². The number of halogens is 1. The van der Waals surface area contributed by atoms with Crippen LogP contribution in [0, 0.1) is 19.7 Å². The van der Waals surface area contributed by atoms with Gasteiger partial charge in [-0.2, -0.15) is 0 Å². The quantitative estimate of drug-likeness (QED) is 0.852. The highest BCUT2D eigenvalue weighted by Gasteiger charge is 2.18. The van der Waals surface area contributed by atoms with Gasteiger partial charge in [0, 0.05) is 12.2 Å². The zero-order chi connectivity index (χ0) is 15.6. The second-order valence-electron chi connectivity index (χ2n) is 4.93. The molecule has 0 atom stereocenters. The normalized spacial score (nSPS) is 11.6. The van der Waals surface area contributed by atoms with Crippen LogP contribution in [0.25, 0.3) is 0 Å². The van der Waals surface area contributed by atoms with E-state index in [1.807, 2.05) is 0 Å². The first-order chi connectivity index (χ1) is 9.79. The number of nitrogens with one attached hydrogen (secondary N) is 1. The van der Waals surface area contributed by atoms with Crippen LogP contribution < -0.4 is 10.5 Å². The predicted molar refractivity (Wildman–Crippen MR) is 80.8 cm³/mol. The zero-order valence-corrected chi connectivity index (χ0v) is 12.7. The number of anilines is 1. The second-order valence-corrected chi connectivity index (χ2v) is 6.67. The molecule has 0 heterocycles. The van der Waals surface area contributed by atoms with Crippen molar-refractivity contribution in [1.82, 2.24) is 4.72 Å². The number of hydrogen-bond donors (Lipinski definition) is 2. The number of aryl methyl sites for hydroxylation is 1. The summed E-state index contributed by atoms with van der Waals surface area (Å²) in [5.74, 6) is -0.400. The van der Waals surface area contributed by atoms with Gasteiger partial charge in [0.05, 0.1) is 4.90 Å². The molecule has 4 nitrogen and oxygen atoms in total. The fourth-order valence-electron chi connectivity index (χ4n) is 2.03. The van der Waals surface area contributed by atoms with Crippen molar-refractivity contribution >= 4 is 15.7 Å². The molecule has 0 saturated heterocycles. The Morgan fingerprint density at radius 2 is 1.90 bits per heavy atom. The summed E-state index contributed by atoms with van der Waals surface area (Å²) in [4.78, 5) is 0.149. The Morgan fingerprint density at radius 1 is 1.19 bits per heavy atom. The minimum atomic E-state index is -3.70. The number of nitrogen functional groups attached to an aromatic ring is 1. The van der Waals surface area contributed by atoms with Crippen LogP contribution in [-0.2, 0) is 16.6 Å². The molecular formula is C15H17FN2O2S. The summed E-state index contributed by atoms with van der Waals surface area (Å²) in [6, 6.07) is 9.09. The van der Waals surface area contributed by atoms with Crippen LogP contribution in [0.1, 0.15) is 16.7 Å². The maximum Gasteiger partial charge on any atom is 0.241 e. The third-order valence-electron chi connectivity index (χ3n) is 3.19. The highest BCUT2D eigenvalue weighted by molar-refractivity contribution is 7.89. The Labute approximate surface area is 123 Å². The van der Waals surface area contributed by atoms with Crippen LogP contribution in [0.3, 0.4) is 0 Å². The van der Waals surface area contributed by atoms with Crippen molar-refractivity contribution in [2.75, 3.05) is 5.73 Å². The third kappa shape index (κ3) is 3.59. The number of benzene rings is 2. The highest BCUT2D eigenvalue weighted by atomic mass is 32.2. The summed E-state index contributed by atoms with van der Waals surface area (Å²) in [6.07, 6.45) is 0. The molecule has 0 aliphatic carbocycles. The Kier molecular flexibility index (Phi) is 4.29. The van der Waals surface area contributed by atoms with Gasteiger partial charge in [0.25, 0.3) is 0 Å². The van der Waals surface area contributed by atoms with Crippen LogP contribution >= 0.6 is 0 Å². The SMILES string of the molecule is Cc1cc(N)c(C)c(S(=O)(=O)NCc2cccc(F)c2)c1. The average Bonchev–Trinajstić information content (AvgIpc) is 2.41. The Bertz CT molecular complexity index is 773. The monoisotopic (exact) mass is 308 g/mol. The third-order valence-corrected chi connectivity index (χ3v) is 4.72. The Morgan fingerprint density at radius 3 is 2.57 bits per heavy atom. The van der Waals surface area contributed by atoms with Gasteiger partial charge in [-0.05, 0) is 54.8 Å². The van der Waals surface area contributed by atoms with Gasteiger partial charge in [0.15, 0.2) is 0 Å². The van der Waals surface area contributed by atoms with Crippen molar-refractivity contribution < 1.29 is 12.8 Å². The first kappa shape index (κ1) is 15.5. The molecule has 0 radical (unpaired) electrons. The van der Waals surface area contributed by atoms with E-state index in [9.17, 15) is 12.8 Å². The van der Waals surface area contributed by atoms with Crippen molar-refractivity contribution in [3.63, 3.8) is 0 Å². The summed E-state index contributed by atoms with van der Waals surface area (Å²) < 4.78 is 40.3. The van der Waals surface area contributed by atoms with Crippen molar-refractivity contribution in [1.29, 1.82) is 0 Å². The smallest absolute Gasteiger partial charge is 0.241 e. The molecule has 0 aromatic heterocycles. The van der Waals surface area contributed by atoms with Crippen molar-refractivity contribution in [2.24, 2.45) is 0 Å². The molecule has 2 aromatic carbocycles. The molecule has 0 aliphatic heterocycles. The average molecular weight is 308 g/mol. The summed E-state index contributed by atoms with van der Waals surface area (Å²) in [7, 11) is -3.70. The van der Waals surface area contributed by atoms with Gasteiger partial charge in [-0.3, -0.25) is 0 Å². The molecule has 0 bridgehead atoms. The van der Waals surface area contributed by atoms with Crippen LogP contribution in [-0.4, -0.2) is 8.42 Å². The van der Waals surface area contributed by atoms with E-state index in [-0.39, 0.29) is 11.4 Å². The molecule has 0 spiro atoms. The lowest BCUT2D eigenvalue weighted by atomic mass is 10.1. The standard InChI is InChI=1S/C15H17FN2O2S/c1-10-6-14(17)11(2)15(7-10)21(19,20)18-9-12-4-3-5-13(16)8-12/h3-8,18H,9,17H2,1-2H3. The maximum absolute atomic E-state index is 13.1. The molecule has 0 saturated carbocycles. The fraction of sp³-hybridized carbons (Fsp3) is 0.200. The maximum atomic E-state index is 13.1. The molecule has 0 fully saturated rings. The second kappa shape index (κ2) is 5.83. The molecular weight excluding hydrogens is 291 g/mol. The molecule has 0 amide bonds. The molecule has 2 aromatic rings. The first-order valence-corrected chi connectivity index (χ1v) is 7.89. The molecule has 6 heteroatoms. The number of nitrogens with two attached hydrogens (primary N) is 1. The van der Waals surface area contributed by atoms with Crippen molar-refractivity contribution in [2.45, 2.75) is 25.3 Å². The topological polar surface area (TPSA) is 72.2 Å². The lowest BCUT2D eigenvalue weighted by Gasteiger charge is -2.12. The van der Waals surface area contributed by atoms with Gasteiger partial charge < -0.3 is 5.73 Å². The largest absolute Gasteiger partial charge is 0.398 e. The van der Waals surface area contributed by atoms with Gasteiger partial charge >= 0.3 is 0 Å². The van der Waals surface area contributed by atoms with E-state index in [0.717, 1.165) is 5.56 Å². The van der Waals surface area contributed by atoms with Gasteiger partial charge in [0.2, 0.25) is 10.0 Å². The summed E-state index contributed by atoms with van der Waals surface area (Å²) in [5, 5.41) is 0. The molecule has 3 N–H and O–H groups in total. The highest BCUT2D eigenvalue weighted by Crippen LogP contribution is 2.23. The van der Waals surface area contributed by atoms with E-state index < -0.39 is 15.8 Å². The number of rotatable bonds is 4. The van der Waals surface area contributed by atoms with E-state index in [2.05, 4.69) is 4.72 Å². The van der Waals surface area contributed by atoms with Gasteiger partial charge in [-0.1, -0.05) is 12.1 Å². The van der Waals surface area contributed by atoms with Crippen molar-refractivity contribution in [3.8, 4) is 0 Å². The van der Waals surface area contributed by atoms with Crippen LogP contribution in [0.4, 0.5) is 10.1 Å². The van der Waals surface area contributed by atoms with Gasteiger partial charge in [-0.15, -0.1) is 0 Å².